The highest BCUT2D eigenvalue weighted by Gasteiger charge is 2.18. The van der Waals surface area contributed by atoms with Crippen LogP contribution in [0.4, 0.5) is 5.82 Å². The van der Waals surface area contributed by atoms with Crippen LogP contribution < -0.4 is 5.32 Å². The summed E-state index contributed by atoms with van der Waals surface area (Å²) < 4.78 is 6.69. The molecule has 3 rings (SSSR count). The third kappa shape index (κ3) is 3.57. The van der Waals surface area contributed by atoms with Crippen LogP contribution in [0.25, 0.3) is 5.13 Å². The van der Waals surface area contributed by atoms with Crippen molar-refractivity contribution in [1.29, 1.82) is 0 Å². The quantitative estimate of drug-likeness (QED) is 0.704. The number of nitrogens with zero attached hydrogens (tertiary/aromatic N) is 3. The van der Waals surface area contributed by atoms with Gasteiger partial charge in [0.15, 0.2) is 5.82 Å². The molecule has 0 bridgehead atoms. The van der Waals surface area contributed by atoms with E-state index < -0.39 is 5.97 Å². The average Bonchev–Trinajstić information content (AvgIpc) is 3.23. The molecule has 2 aromatic heterocycles. The number of benzene rings is 1. The van der Waals surface area contributed by atoms with E-state index in [4.69, 9.17) is 4.74 Å². The number of esters is 1. The highest BCUT2D eigenvalue weighted by Crippen LogP contribution is 2.20. The molecule has 0 aliphatic carbocycles. The SMILES string of the molecule is CCOC(=O)c1cn(-c2nccs2)nc1NCc1ccccc1. The zero-order valence-corrected chi connectivity index (χ0v) is 13.4. The number of thiazole rings is 1. The molecule has 118 valence electrons. The lowest BCUT2D eigenvalue weighted by Crippen LogP contribution is -2.08. The molecule has 1 N–H and O–H groups in total. The van der Waals surface area contributed by atoms with Crippen LogP contribution >= 0.6 is 11.3 Å². The molecule has 0 atom stereocenters. The summed E-state index contributed by atoms with van der Waals surface area (Å²) in [6.45, 7) is 2.67. The molecule has 6 nitrogen and oxygen atoms in total. The summed E-state index contributed by atoms with van der Waals surface area (Å²) >= 11 is 1.45. The number of hydrogen-bond acceptors (Lipinski definition) is 6. The summed E-state index contributed by atoms with van der Waals surface area (Å²) in [7, 11) is 0. The van der Waals surface area contributed by atoms with Crippen molar-refractivity contribution in [1.82, 2.24) is 14.8 Å². The van der Waals surface area contributed by atoms with Crippen molar-refractivity contribution in [3.05, 3.63) is 59.2 Å². The van der Waals surface area contributed by atoms with Crippen molar-refractivity contribution >= 4 is 23.1 Å². The predicted molar refractivity (Wildman–Crippen MR) is 89.0 cm³/mol. The van der Waals surface area contributed by atoms with Crippen molar-refractivity contribution in [2.45, 2.75) is 13.5 Å². The largest absolute Gasteiger partial charge is 0.462 e. The van der Waals surface area contributed by atoms with Gasteiger partial charge in [0.2, 0.25) is 5.13 Å². The summed E-state index contributed by atoms with van der Waals surface area (Å²) in [6.07, 6.45) is 3.34. The van der Waals surface area contributed by atoms with Crippen molar-refractivity contribution in [3.8, 4) is 5.13 Å². The fourth-order valence-corrected chi connectivity index (χ4v) is 2.64. The van der Waals surface area contributed by atoms with Gasteiger partial charge in [0.05, 0.1) is 12.8 Å². The van der Waals surface area contributed by atoms with E-state index in [0.29, 0.717) is 29.7 Å². The minimum Gasteiger partial charge on any atom is -0.462 e. The summed E-state index contributed by atoms with van der Waals surface area (Å²) in [5, 5.41) is 10.2. The Morgan fingerprint density at radius 3 is 2.87 bits per heavy atom. The maximum Gasteiger partial charge on any atom is 0.343 e. The van der Waals surface area contributed by atoms with E-state index in [-0.39, 0.29) is 0 Å². The van der Waals surface area contributed by atoms with E-state index in [0.717, 1.165) is 5.56 Å². The van der Waals surface area contributed by atoms with Crippen LogP contribution in [0.5, 0.6) is 0 Å². The summed E-state index contributed by atoms with van der Waals surface area (Å²) in [5.74, 6) is 0.0911. The third-order valence-corrected chi connectivity index (χ3v) is 3.89. The number of nitrogens with one attached hydrogen (secondary N) is 1. The molecule has 0 fully saturated rings. The van der Waals surface area contributed by atoms with Gasteiger partial charge in [-0.2, -0.15) is 0 Å². The molecule has 23 heavy (non-hydrogen) atoms. The normalized spacial score (nSPS) is 10.5. The first kappa shape index (κ1) is 15.2. The summed E-state index contributed by atoms with van der Waals surface area (Å²) in [6, 6.07) is 9.92. The Bertz CT molecular complexity index is 769. The van der Waals surface area contributed by atoms with E-state index in [9.17, 15) is 4.79 Å². The Hall–Kier alpha value is -2.67. The fourth-order valence-electron chi connectivity index (χ4n) is 2.07. The lowest BCUT2D eigenvalue weighted by molar-refractivity contribution is 0.0527. The van der Waals surface area contributed by atoms with Gasteiger partial charge in [0, 0.05) is 18.1 Å². The van der Waals surface area contributed by atoms with Gasteiger partial charge >= 0.3 is 5.97 Å². The Balaban J connectivity index is 1.85. The van der Waals surface area contributed by atoms with Gasteiger partial charge in [-0.1, -0.05) is 30.3 Å². The predicted octanol–water partition coefficient (Wildman–Crippen LogP) is 3.12. The molecule has 0 unspecified atom stereocenters. The van der Waals surface area contributed by atoms with Crippen LogP contribution in [0.15, 0.2) is 48.1 Å². The highest BCUT2D eigenvalue weighted by molar-refractivity contribution is 7.12. The second kappa shape index (κ2) is 7.06. The molecule has 0 spiro atoms. The molecular formula is C16H16N4O2S. The van der Waals surface area contributed by atoms with Gasteiger partial charge in [0.25, 0.3) is 0 Å². The molecule has 0 amide bonds. The van der Waals surface area contributed by atoms with Gasteiger partial charge in [-0.05, 0) is 12.5 Å². The van der Waals surface area contributed by atoms with Gasteiger partial charge in [-0.3, -0.25) is 0 Å². The highest BCUT2D eigenvalue weighted by atomic mass is 32.1. The molecule has 0 aliphatic rings. The van der Waals surface area contributed by atoms with E-state index in [2.05, 4.69) is 15.4 Å². The average molecular weight is 328 g/mol. The number of anilines is 1. The molecule has 2 heterocycles. The summed E-state index contributed by atoms with van der Waals surface area (Å²) in [4.78, 5) is 16.3. The second-order valence-electron chi connectivity index (χ2n) is 4.71. The Morgan fingerprint density at radius 2 is 2.17 bits per heavy atom. The van der Waals surface area contributed by atoms with Gasteiger partial charge < -0.3 is 10.1 Å². The van der Waals surface area contributed by atoms with Crippen LogP contribution in [0.2, 0.25) is 0 Å². The van der Waals surface area contributed by atoms with E-state index in [1.54, 1.807) is 24.0 Å². The molecule has 1 aromatic carbocycles. The first-order valence-electron chi connectivity index (χ1n) is 7.22. The number of ether oxygens (including phenoxy) is 1. The monoisotopic (exact) mass is 328 g/mol. The number of hydrogen-bond donors (Lipinski definition) is 1. The number of rotatable bonds is 6. The Morgan fingerprint density at radius 1 is 1.35 bits per heavy atom. The molecule has 3 aromatic rings. The molecule has 0 saturated heterocycles. The second-order valence-corrected chi connectivity index (χ2v) is 5.58. The van der Waals surface area contributed by atoms with E-state index in [1.165, 1.54) is 11.3 Å². The summed E-state index contributed by atoms with van der Waals surface area (Å²) in [5.41, 5.74) is 1.50. The zero-order valence-electron chi connectivity index (χ0n) is 12.6. The Labute approximate surface area is 137 Å². The third-order valence-electron chi connectivity index (χ3n) is 3.13. The zero-order chi connectivity index (χ0) is 16.1. The lowest BCUT2D eigenvalue weighted by Gasteiger charge is -2.05. The lowest BCUT2D eigenvalue weighted by atomic mass is 10.2. The molecule has 7 heteroatoms. The minimum absolute atomic E-state index is 0.319. The molecule has 0 saturated carbocycles. The van der Waals surface area contributed by atoms with Crippen molar-refractivity contribution < 1.29 is 9.53 Å². The van der Waals surface area contributed by atoms with Crippen LogP contribution in [-0.2, 0) is 11.3 Å². The molecular weight excluding hydrogens is 312 g/mol. The maximum atomic E-state index is 12.1. The molecule has 0 radical (unpaired) electrons. The number of carbonyl (C=O) groups is 1. The van der Waals surface area contributed by atoms with E-state index >= 15 is 0 Å². The standard InChI is InChI=1S/C16H16N4O2S/c1-2-22-15(21)13-11-20(16-17-8-9-23-16)19-14(13)18-10-12-6-4-3-5-7-12/h3-9,11H,2,10H2,1H3,(H,18,19). The maximum absolute atomic E-state index is 12.1. The fraction of sp³-hybridized carbons (Fsp3) is 0.188. The van der Waals surface area contributed by atoms with Crippen LogP contribution in [0.1, 0.15) is 22.8 Å². The van der Waals surface area contributed by atoms with E-state index in [1.807, 2.05) is 35.7 Å². The first-order valence-corrected chi connectivity index (χ1v) is 8.10. The minimum atomic E-state index is -0.397. The van der Waals surface area contributed by atoms with Gasteiger partial charge in [-0.15, -0.1) is 16.4 Å². The van der Waals surface area contributed by atoms with Crippen molar-refractivity contribution in [2.24, 2.45) is 0 Å². The van der Waals surface area contributed by atoms with Gasteiger partial charge in [-0.25, -0.2) is 14.5 Å². The van der Waals surface area contributed by atoms with Crippen molar-refractivity contribution in [2.75, 3.05) is 11.9 Å². The Kier molecular flexibility index (Phi) is 4.68. The number of aromatic nitrogens is 3. The van der Waals surface area contributed by atoms with Crippen LogP contribution in [-0.4, -0.2) is 27.3 Å². The van der Waals surface area contributed by atoms with Crippen LogP contribution in [0.3, 0.4) is 0 Å². The smallest absolute Gasteiger partial charge is 0.343 e. The van der Waals surface area contributed by atoms with Crippen molar-refractivity contribution in [3.63, 3.8) is 0 Å². The number of carbonyl (C=O) groups excluding carboxylic acids is 1. The van der Waals surface area contributed by atoms with Crippen LogP contribution in [0, 0.1) is 0 Å². The van der Waals surface area contributed by atoms with Gasteiger partial charge in [0.1, 0.15) is 5.56 Å². The first-order chi connectivity index (χ1) is 11.3. The topological polar surface area (TPSA) is 69.0 Å². The molecule has 0 aliphatic heterocycles.